The average molecular weight is 195 g/mol. The van der Waals surface area contributed by atoms with Gasteiger partial charge in [0.2, 0.25) is 0 Å². The molecule has 0 aliphatic rings. The molecule has 0 N–H and O–H groups in total. The van der Waals surface area contributed by atoms with Crippen LogP contribution in [0, 0.1) is 0 Å². The highest BCUT2D eigenvalue weighted by Crippen LogP contribution is 1.89. The van der Waals surface area contributed by atoms with Crippen LogP contribution in [0.2, 0.25) is 0 Å². The van der Waals surface area contributed by atoms with Gasteiger partial charge < -0.3 is 4.74 Å². The lowest BCUT2D eigenvalue weighted by Gasteiger charge is -2.03. The Bertz CT molecular complexity index is 91.1. The summed E-state index contributed by atoms with van der Waals surface area (Å²) < 4.78 is 5.01. The Balaban J connectivity index is 3.17. The quantitative estimate of drug-likeness (QED) is 0.633. The molecule has 0 spiro atoms. The van der Waals surface area contributed by atoms with Gasteiger partial charge in [0.1, 0.15) is 6.61 Å². The fraction of sp³-hybridized carbons (Fsp3) is 0.833. The molecule has 0 aromatic carbocycles. The maximum absolute atomic E-state index is 10.5. The second-order valence-corrected chi connectivity index (χ2v) is 2.59. The number of hydrogen-bond donors (Lipinski definition) is 0. The lowest BCUT2D eigenvalue weighted by molar-refractivity contribution is -0.122. The largest absolute Gasteiger partial charge is 0.371 e. The summed E-state index contributed by atoms with van der Waals surface area (Å²) in [4.78, 5) is 10.5. The Morgan fingerprint density at radius 1 is 1.67 bits per heavy atom. The third-order valence-corrected chi connectivity index (χ3v) is 1.35. The van der Waals surface area contributed by atoms with Gasteiger partial charge in [0.25, 0.3) is 0 Å². The van der Waals surface area contributed by atoms with Crippen LogP contribution in [-0.4, -0.2) is 23.8 Å². The van der Waals surface area contributed by atoms with Gasteiger partial charge in [0.05, 0.1) is 11.4 Å². The summed E-state index contributed by atoms with van der Waals surface area (Å²) in [6.45, 7) is 4.03. The summed E-state index contributed by atoms with van der Waals surface area (Å²) in [6.07, 6.45) is 0.146. The van der Waals surface area contributed by atoms with Crippen LogP contribution < -0.4 is 0 Å². The molecule has 0 atom stereocenters. The Kier molecular flexibility index (Phi) is 5.00. The van der Waals surface area contributed by atoms with Crippen LogP contribution >= 0.6 is 15.9 Å². The molecular formula is C6H11BrO2. The van der Waals surface area contributed by atoms with E-state index in [-0.39, 0.29) is 18.5 Å². The highest BCUT2D eigenvalue weighted by Gasteiger charge is 1.99. The minimum absolute atomic E-state index is 0.0868. The molecule has 0 fully saturated rings. The number of carbonyl (C=O) groups is 1. The topological polar surface area (TPSA) is 26.3 Å². The Labute approximate surface area is 63.7 Å². The molecule has 3 heteroatoms. The van der Waals surface area contributed by atoms with E-state index < -0.39 is 0 Å². The van der Waals surface area contributed by atoms with Crippen molar-refractivity contribution in [3.8, 4) is 0 Å². The molecule has 0 amide bonds. The molecule has 0 aromatic rings. The predicted molar refractivity (Wildman–Crippen MR) is 39.9 cm³/mol. The van der Waals surface area contributed by atoms with Crippen LogP contribution in [0.15, 0.2) is 0 Å². The number of carbonyl (C=O) groups excluding carboxylic acids is 1. The molecule has 0 radical (unpaired) electrons. The van der Waals surface area contributed by atoms with Gasteiger partial charge in [-0.3, -0.25) is 4.79 Å². The number of hydrogen-bond acceptors (Lipinski definition) is 2. The van der Waals surface area contributed by atoms with Gasteiger partial charge >= 0.3 is 0 Å². The first-order valence-corrected chi connectivity index (χ1v) is 3.98. The van der Waals surface area contributed by atoms with Crippen LogP contribution in [0.25, 0.3) is 0 Å². The maximum Gasteiger partial charge on any atom is 0.168 e. The molecule has 0 aliphatic carbocycles. The summed E-state index contributed by atoms with van der Waals surface area (Å²) in [5.41, 5.74) is 0. The standard InChI is InChI=1S/C6H11BrO2/c1-5(2)9-4-6(8)3-7/h5H,3-4H2,1-2H3. The van der Waals surface area contributed by atoms with E-state index in [9.17, 15) is 4.79 Å². The molecule has 0 saturated carbocycles. The number of rotatable bonds is 4. The van der Waals surface area contributed by atoms with Crippen molar-refractivity contribution in [3.05, 3.63) is 0 Å². The van der Waals surface area contributed by atoms with Gasteiger partial charge in [-0.2, -0.15) is 0 Å². The molecule has 2 nitrogen and oxygen atoms in total. The Morgan fingerprint density at radius 2 is 2.22 bits per heavy atom. The van der Waals surface area contributed by atoms with Crippen molar-refractivity contribution >= 4 is 21.7 Å². The highest BCUT2D eigenvalue weighted by atomic mass is 79.9. The Morgan fingerprint density at radius 3 is 2.56 bits per heavy atom. The molecule has 0 unspecified atom stereocenters. The molecule has 0 aliphatic heterocycles. The second-order valence-electron chi connectivity index (χ2n) is 2.03. The van der Waals surface area contributed by atoms with Gasteiger partial charge in [0.15, 0.2) is 5.78 Å². The summed E-state index contributed by atoms with van der Waals surface area (Å²) in [5, 5.41) is 0.389. The summed E-state index contributed by atoms with van der Waals surface area (Å²) in [7, 11) is 0. The second kappa shape index (κ2) is 4.94. The zero-order valence-electron chi connectivity index (χ0n) is 5.69. The monoisotopic (exact) mass is 194 g/mol. The molecule has 0 aromatic heterocycles. The van der Waals surface area contributed by atoms with E-state index in [0.29, 0.717) is 5.33 Å². The number of ketones is 1. The molecule has 0 rings (SSSR count). The van der Waals surface area contributed by atoms with Crippen molar-refractivity contribution in [2.75, 3.05) is 11.9 Å². The number of alkyl halides is 1. The van der Waals surface area contributed by atoms with E-state index >= 15 is 0 Å². The maximum atomic E-state index is 10.5. The van der Waals surface area contributed by atoms with E-state index in [2.05, 4.69) is 15.9 Å². The van der Waals surface area contributed by atoms with Crippen molar-refractivity contribution in [1.29, 1.82) is 0 Å². The van der Waals surface area contributed by atoms with E-state index in [0.717, 1.165) is 0 Å². The highest BCUT2D eigenvalue weighted by molar-refractivity contribution is 9.09. The lowest BCUT2D eigenvalue weighted by atomic mass is 10.4. The number of halogens is 1. The minimum Gasteiger partial charge on any atom is -0.371 e. The molecule has 9 heavy (non-hydrogen) atoms. The van der Waals surface area contributed by atoms with Crippen molar-refractivity contribution in [3.63, 3.8) is 0 Å². The van der Waals surface area contributed by atoms with Gasteiger partial charge in [-0.15, -0.1) is 0 Å². The van der Waals surface area contributed by atoms with E-state index in [4.69, 9.17) is 4.74 Å². The van der Waals surface area contributed by atoms with Crippen LogP contribution in [-0.2, 0) is 9.53 Å². The van der Waals surface area contributed by atoms with Crippen LogP contribution in [0.1, 0.15) is 13.8 Å². The van der Waals surface area contributed by atoms with Gasteiger partial charge in [-0.05, 0) is 13.8 Å². The first-order chi connectivity index (χ1) is 4.16. The average Bonchev–Trinajstić information content (AvgIpc) is 1.83. The molecular weight excluding hydrogens is 184 g/mol. The molecule has 0 bridgehead atoms. The van der Waals surface area contributed by atoms with Crippen molar-refractivity contribution < 1.29 is 9.53 Å². The fourth-order valence-electron chi connectivity index (χ4n) is 0.298. The SMILES string of the molecule is CC(C)OCC(=O)CBr. The van der Waals surface area contributed by atoms with Crippen molar-refractivity contribution in [1.82, 2.24) is 0 Å². The first kappa shape index (κ1) is 9.11. The van der Waals surface area contributed by atoms with E-state index in [1.807, 2.05) is 13.8 Å². The third-order valence-electron chi connectivity index (χ3n) is 0.727. The van der Waals surface area contributed by atoms with Crippen LogP contribution in [0.3, 0.4) is 0 Å². The van der Waals surface area contributed by atoms with Gasteiger partial charge in [0, 0.05) is 0 Å². The van der Waals surface area contributed by atoms with E-state index in [1.54, 1.807) is 0 Å². The van der Waals surface area contributed by atoms with Gasteiger partial charge in [-0.1, -0.05) is 15.9 Å². The predicted octanol–water partition coefficient (Wildman–Crippen LogP) is 1.38. The number of ether oxygens (including phenoxy) is 1. The smallest absolute Gasteiger partial charge is 0.168 e. The summed E-state index contributed by atoms with van der Waals surface area (Å²) in [6, 6.07) is 0. The molecule has 0 heterocycles. The summed E-state index contributed by atoms with van der Waals surface area (Å²) in [5.74, 6) is 0.0868. The molecule has 54 valence electrons. The minimum atomic E-state index is 0.0868. The zero-order valence-corrected chi connectivity index (χ0v) is 7.27. The fourth-order valence-corrected chi connectivity index (χ4v) is 0.460. The van der Waals surface area contributed by atoms with E-state index in [1.165, 1.54) is 0 Å². The van der Waals surface area contributed by atoms with Crippen LogP contribution in [0.5, 0.6) is 0 Å². The number of Topliss-reactive ketones (excluding diaryl/α,β-unsaturated/α-hetero) is 1. The first-order valence-electron chi connectivity index (χ1n) is 2.86. The normalized spacial score (nSPS) is 10.2. The van der Waals surface area contributed by atoms with Crippen molar-refractivity contribution in [2.45, 2.75) is 20.0 Å². The van der Waals surface area contributed by atoms with Crippen LogP contribution in [0.4, 0.5) is 0 Å². The summed E-state index contributed by atoms with van der Waals surface area (Å²) >= 11 is 3.04. The Hall–Kier alpha value is 0.110. The third kappa shape index (κ3) is 5.99. The van der Waals surface area contributed by atoms with Gasteiger partial charge in [-0.25, -0.2) is 0 Å². The lowest BCUT2D eigenvalue weighted by Crippen LogP contribution is -2.13. The zero-order chi connectivity index (χ0) is 7.28. The van der Waals surface area contributed by atoms with Crippen molar-refractivity contribution in [2.24, 2.45) is 0 Å². The molecule has 0 saturated heterocycles.